The Hall–Kier alpha value is -2.79. The van der Waals surface area contributed by atoms with E-state index in [-0.39, 0.29) is 36.5 Å². The van der Waals surface area contributed by atoms with Gasteiger partial charge in [0.05, 0.1) is 12.3 Å². The topological polar surface area (TPSA) is 123 Å². The molecule has 3 aliphatic rings. The molecule has 34 heavy (non-hydrogen) atoms. The summed E-state index contributed by atoms with van der Waals surface area (Å²) in [6, 6.07) is 2.82. The summed E-state index contributed by atoms with van der Waals surface area (Å²) in [7, 11) is 0. The number of benzene rings is 1. The minimum Gasteiger partial charge on any atom is -0.433 e. The number of rotatable bonds is 10. The van der Waals surface area contributed by atoms with Crippen molar-refractivity contribution in [3.05, 3.63) is 18.2 Å². The van der Waals surface area contributed by atoms with Gasteiger partial charge in [0.25, 0.3) is 11.8 Å². The fourth-order valence-electron chi connectivity index (χ4n) is 4.71. The molecule has 186 valence electrons. The second-order valence-corrected chi connectivity index (χ2v) is 9.06. The zero-order chi connectivity index (χ0) is 24.2. The lowest BCUT2D eigenvalue weighted by atomic mass is 9.68. The van der Waals surface area contributed by atoms with Gasteiger partial charge in [0.2, 0.25) is 5.91 Å². The van der Waals surface area contributed by atoms with Crippen molar-refractivity contribution in [2.45, 2.75) is 57.2 Å². The molecule has 1 heterocycles. The van der Waals surface area contributed by atoms with Gasteiger partial charge >= 0.3 is 6.61 Å². The highest BCUT2D eigenvalue weighted by atomic mass is 19.3. The maximum absolute atomic E-state index is 13.1. The Labute approximate surface area is 196 Å². The van der Waals surface area contributed by atoms with Crippen molar-refractivity contribution >= 4 is 29.1 Å². The van der Waals surface area contributed by atoms with Crippen LogP contribution in [0.15, 0.2) is 18.2 Å². The van der Waals surface area contributed by atoms with Gasteiger partial charge in [-0.3, -0.25) is 19.7 Å². The molecule has 11 heteroatoms. The third-order valence-electron chi connectivity index (χ3n) is 6.96. The van der Waals surface area contributed by atoms with Crippen molar-refractivity contribution in [2.75, 3.05) is 30.0 Å². The number of alkyl halides is 2. The summed E-state index contributed by atoms with van der Waals surface area (Å²) >= 11 is 0. The van der Waals surface area contributed by atoms with Gasteiger partial charge in [-0.05, 0) is 49.7 Å². The Balaban J connectivity index is 1.52. The van der Waals surface area contributed by atoms with Crippen molar-refractivity contribution in [3.8, 4) is 5.75 Å². The maximum Gasteiger partial charge on any atom is 0.387 e. The number of hydrogen-bond donors (Lipinski definition) is 3. The Morgan fingerprint density at radius 2 is 1.82 bits per heavy atom. The predicted octanol–water partition coefficient (Wildman–Crippen LogP) is 2.00. The smallest absolute Gasteiger partial charge is 0.387 e. The number of nitrogens with one attached hydrogen (secondary N) is 2. The second kappa shape index (κ2) is 10.6. The molecule has 3 fully saturated rings. The van der Waals surface area contributed by atoms with Crippen molar-refractivity contribution in [1.82, 2.24) is 5.32 Å². The second-order valence-electron chi connectivity index (χ2n) is 9.06. The Morgan fingerprint density at radius 1 is 1.15 bits per heavy atom. The van der Waals surface area contributed by atoms with Gasteiger partial charge < -0.3 is 25.4 Å². The maximum atomic E-state index is 13.1. The molecule has 0 aromatic heterocycles. The molecule has 2 saturated carbocycles. The molecule has 1 aliphatic heterocycles. The summed E-state index contributed by atoms with van der Waals surface area (Å²) in [6.07, 6.45) is 6.39. The molecule has 1 aromatic rings. The lowest BCUT2D eigenvalue weighted by Gasteiger charge is -2.44. The number of morpholine rings is 1. The van der Waals surface area contributed by atoms with E-state index in [0.29, 0.717) is 24.1 Å². The number of nitrogens with zero attached hydrogens (tertiary/aromatic N) is 1. The van der Waals surface area contributed by atoms with E-state index in [1.165, 1.54) is 23.1 Å². The number of carbonyl (C=O) groups excluding carboxylic acids is 3. The zero-order valence-electron chi connectivity index (χ0n) is 18.8. The highest BCUT2D eigenvalue weighted by molar-refractivity contribution is 6.10. The van der Waals surface area contributed by atoms with E-state index in [1.807, 2.05) is 0 Å². The minimum atomic E-state index is -3.15. The first kappa shape index (κ1) is 24.3. The van der Waals surface area contributed by atoms with Gasteiger partial charge in [-0.1, -0.05) is 12.8 Å². The van der Waals surface area contributed by atoms with E-state index < -0.39 is 24.5 Å². The van der Waals surface area contributed by atoms with Crippen LogP contribution in [0.2, 0.25) is 0 Å². The number of carbonyl (C=O) groups is 3. The zero-order valence-corrected chi connectivity index (χ0v) is 18.8. The van der Waals surface area contributed by atoms with Crippen LogP contribution in [0.1, 0.15) is 38.5 Å². The van der Waals surface area contributed by atoms with Gasteiger partial charge in [0, 0.05) is 24.3 Å². The average Bonchev–Trinajstić information content (AvgIpc) is 2.70. The minimum absolute atomic E-state index is 0.0113. The number of nitrogens with two attached hydrogens (primary N) is 1. The van der Waals surface area contributed by atoms with Gasteiger partial charge in [0.1, 0.15) is 6.61 Å². The number of ether oxygens (including phenoxy) is 2. The molecule has 9 nitrogen and oxygen atoms in total. The van der Waals surface area contributed by atoms with E-state index in [1.54, 1.807) is 0 Å². The summed E-state index contributed by atoms with van der Waals surface area (Å²) in [4.78, 5) is 38.7. The number of amides is 3. The molecule has 0 spiro atoms. The summed E-state index contributed by atoms with van der Waals surface area (Å²) in [5, 5.41) is 5.67. The lowest BCUT2D eigenvalue weighted by molar-refractivity contribution is -0.129. The Bertz CT molecular complexity index is 909. The first-order valence-electron chi connectivity index (χ1n) is 11.7. The van der Waals surface area contributed by atoms with E-state index in [4.69, 9.17) is 10.5 Å². The Kier molecular flexibility index (Phi) is 7.62. The first-order valence-corrected chi connectivity index (χ1v) is 11.7. The van der Waals surface area contributed by atoms with E-state index in [0.717, 1.165) is 38.5 Å². The van der Waals surface area contributed by atoms with Crippen LogP contribution in [0.25, 0.3) is 0 Å². The highest BCUT2D eigenvalue weighted by Gasteiger charge is 2.39. The molecule has 1 saturated heterocycles. The standard InChI is InChI=1S/C23H30F2N4O5/c24-23(25)34-17-11-15(29-9-10-33-12-18(29)30)7-8-16(17)27-22(32)20(21(26)31)28-19(13-3-1-4-13)14-5-2-6-14/h7-8,11,13-14,19-20,23,28H,1-6,9-10,12H2,(H2,26,31)(H,27,32)/t20-/m1/s1. The first-order chi connectivity index (χ1) is 16.3. The normalized spacial score (nSPS) is 20.1. The third-order valence-corrected chi connectivity index (χ3v) is 6.96. The van der Waals surface area contributed by atoms with Crippen molar-refractivity contribution < 1.29 is 32.6 Å². The number of halogens is 2. The number of primary amides is 1. The van der Waals surface area contributed by atoms with Crippen LogP contribution in [0.5, 0.6) is 5.75 Å². The molecule has 1 aromatic carbocycles. The van der Waals surface area contributed by atoms with Crippen LogP contribution in [0.4, 0.5) is 20.2 Å². The SMILES string of the molecule is NC(=O)[C@@H](NC(C1CCC1)C1CCC1)C(=O)Nc1ccc(N2CCOCC2=O)cc1OC(F)F. The van der Waals surface area contributed by atoms with Crippen molar-refractivity contribution in [1.29, 1.82) is 0 Å². The molecule has 4 N–H and O–H groups in total. The van der Waals surface area contributed by atoms with Crippen LogP contribution >= 0.6 is 0 Å². The van der Waals surface area contributed by atoms with E-state index in [9.17, 15) is 23.2 Å². The van der Waals surface area contributed by atoms with Crippen LogP contribution in [0, 0.1) is 11.8 Å². The summed E-state index contributed by atoms with van der Waals surface area (Å²) in [5.41, 5.74) is 5.83. The summed E-state index contributed by atoms with van der Waals surface area (Å²) < 4.78 is 35.9. The summed E-state index contributed by atoms with van der Waals surface area (Å²) in [6.45, 7) is -2.70. The monoisotopic (exact) mass is 480 g/mol. The summed E-state index contributed by atoms with van der Waals surface area (Å²) in [5.74, 6) is -1.44. The van der Waals surface area contributed by atoms with Gasteiger partial charge in [-0.2, -0.15) is 8.78 Å². The molecular formula is C23H30F2N4O5. The van der Waals surface area contributed by atoms with Crippen molar-refractivity contribution in [2.24, 2.45) is 17.6 Å². The highest BCUT2D eigenvalue weighted by Crippen LogP contribution is 2.40. The molecule has 1 atom stereocenters. The Morgan fingerprint density at radius 3 is 2.35 bits per heavy atom. The van der Waals surface area contributed by atoms with Crippen LogP contribution < -0.4 is 26.0 Å². The van der Waals surface area contributed by atoms with E-state index in [2.05, 4.69) is 15.4 Å². The molecule has 4 rings (SSSR count). The average molecular weight is 481 g/mol. The van der Waals surface area contributed by atoms with Crippen LogP contribution in [-0.4, -0.2) is 56.2 Å². The van der Waals surface area contributed by atoms with Crippen LogP contribution in [-0.2, 0) is 19.1 Å². The molecule has 3 amide bonds. The van der Waals surface area contributed by atoms with Gasteiger partial charge in [-0.25, -0.2) is 0 Å². The molecular weight excluding hydrogens is 450 g/mol. The van der Waals surface area contributed by atoms with Crippen molar-refractivity contribution in [3.63, 3.8) is 0 Å². The molecule has 2 aliphatic carbocycles. The third kappa shape index (κ3) is 5.47. The largest absolute Gasteiger partial charge is 0.433 e. The number of anilines is 2. The fraction of sp³-hybridized carbons (Fsp3) is 0.609. The lowest BCUT2D eigenvalue weighted by Crippen LogP contribution is -2.58. The molecule has 0 radical (unpaired) electrons. The van der Waals surface area contributed by atoms with E-state index >= 15 is 0 Å². The quantitative estimate of drug-likeness (QED) is 0.440. The molecule has 0 unspecified atom stereocenters. The number of hydrogen-bond acceptors (Lipinski definition) is 6. The van der Waals surface area contributed by atoms with Gasteiger partial charge in [-0.15, -0.1) is 0 Å². The molecule has 0 bridgehead atoms. The predicted molar refractivity (Wildman–Crippen MR) is 119 cm³/mol. The van der Waals surface area contributed by atoms with Crippen LogP contribution in [0.3, 0.4) is 0 Å². The fourth-order valence-corrected chi connectivity index (χ4v) is 4.71. The van der Waals surface area contributed by atoms with Gasteiger partial charge in [0.15, 0.2) is 11.8 Å².